The molecule has 7 heteroatoms. The number of hydrogen-bond acceptors (Lipinski definition) is 6. The summed E-state index contributed by atoms with van der Waals surface area (Å²) in [6.07, 6.45) is 0.976. The smallest absolute Gasteiger partial charge is 0.410 e. The number of nitriles is 1. The molecule has 2 atom stereocenters. The molecular formula is C20H20N2O5. The van der Waals surface area contributed by atoms with E-state index in [1.54, 1.807) is 19.1 Å². The summed E-state index contributed by atoms with van der Waals surface area (Å²) in [6.45, 7) is 2.10. The molecule has 0 radical (unpaired) electrons. The molecule has 3 rings (SSSR count). The van der Waals surface area contributed by atoms with Crippen LogP contribution in [-0.2, 0) is 20.9 Å². The van der Waals surface area contributed by atoms with Crippen LogP contribution >= 0.6 is 0 Å². The number of rotatable bonds is 5. The zero-order valence-electron chi connectivity index (χ0n) is 15.0. The maximum atomic E-state index is 12.7. The lowest BCUT2D eigenvalue weighted by Crippen LogP contribution is -2.40. The molecule has 1 aromatic heterocycles. The Balaban J connectivity index is 1.85. The van der Waals surface area contributed by atoms with Crippen LogP contribution in [0.1, 0.15) is 30.7 Å². The number of ether oxygens (including phenoxy) is 2. The summed E-state index contributed by atoms with van der Waals surface area (Å²) in [5, 5.41) is 9.82. The summed E-state index contributed by atoms with van der Waals surface area (Å²) in [5.74, 6) is -0.314. The van der Waals surface area contributed by atoms with Crippen molar-refractivity contribution in [1.82, 2.24) is 4.90 Å². The minimum Gasteiger partial charge on any atom is -0.467 e. The van der Waals surface area contributed by atoms with Gasteiger partial charge in [-0.2, -0.15) is 5.26 Å². The van der Waals surface area contributed by atoms with Gasteiger partial charge in [-0.3, -0.25) is 9.69 Å². The van der Waals surface area contributed by atoms with Crippen molar-refractivity contribution in [3.05, 3.63) is 60.1 Å². The van der Waals surface area contributed by atoms with Crippen LogP contribution in [0.2, 0.25) is 0 Å². The lowest BCUT2D eigenvalue weighted by atomic mass is 9.80. The lowest BCUT2D eigenvalue weighted by Gasteiger charge is -2.29. The normalized spacial score (nSPS) is 21.5. The maximum absolute atomic E-state index is 12.7. The molecule has 0 spiro atoms. The van der Waals surface area contributed by atoms with Gasteiger partial charge in [-0.15, -0.1) is 0 Å². The number of carbonyl (C=O) groups excluding carboxylic acids is 2. The van der Waals surface area contributed by atoms with Gasteiger partial charge in [0.05, 0.1) is 18.9 Å². The first-order valence-electron chi connectivity index (χ1n) is 8.71. The molecule has 1 aliphatic rings. The lowest BCUT2D eigenvalue weighted by molar-refractivity contribution is -0.153. The Bertz CT molecular complexity index is 828. The number of furan rings is 1. The van der Waals surface area contributed by atoms with Crippen LogP contribution in [0.4, 0.5) is 4.79 Å². The minimum absolute atomic E-state index is 0.0972. The number of nitrogens with zero attached hydrogens (tertiary/aromatic N) is 2. The van der Waals surface area contributed by atoms with Crippen molar-refractivity contribution in [3.8, 4) is 6.07 Å². The van der Waals surface area contributed by atoms with E-state index in [1.807, 2.05) is 30.3 Å². The second-order valence-corrected chi connectivity index (χ2v) is 6.21. The van der Waals surface area contributed by atoms with E-state index in [4.69, 9.17) is 13.9 Å². The highest BCUT2D eigenvalue weighted by Crippen LogP contribution is 2.48. The molecule has 1 saturated heterocycles. The van der Waals surface area contributed by atoms with Crippen molar-refractivity contribution < 1.29 is 23.5 Å². The van der Waals surface area contributed by atoms with Gasteiger partial charge in [0.25, 0.3) is 0 Å². The zero-order valence-corrected chi connectivity index (χ0v) is 15.0. The van der Waals surface area contributed by atoms with E-state index < -0.39 is 23.5 Å². The molecule has 1 fully saturated rings. The number of likely N-dealkylation sites (tertiary alicyclic amines) is 1. The second-order valence-electron chi connectivity index (χ2n) is 6.21. The van der Waals surface area contributed by atoms with Crippen molar-refractivity contribution in [2.45, 2.75) is 26.0 Å². The average molecular weight is 368 g/mol. The summed E-state index contributed by atoms with van der Waals surface area (Å²) in [7, 11) is 0. The van der Waals surface area contributed by atoms with E-state index in [1.165, 1.54) is 11.2 Å². The van der Waals surface area contributed by atoms with Crippen molar-refractivity contribution in [2.24, 2.45) is 5.41 Å². The predicted molar refractivity (Wildman–Crippen MR) is 94.1 cm³/mol. The van der Waals surface area contributed by atoms with Gasteiger partial charge in [0, 0.05) is 6.54 Å². The first-order valence-corrected chi connectivity index (χ1v) is 8.71. The van der Waals surface area contributed by atoms with E-state index >= 15 is 0 Å². The molecule has 0 N–H and O–H groups in total. The molecule has 1 aromatic carbocycles. The first kappa shape index (κ1) is 18.5. The zero-order chi connectivity index (χ0) is 19.3. The molecule has 0 bridgehead atoms. The highest BCUT2D eigenvalue weighted by molar-refractivity contribution is 5.83. The molecule has 7 nitrogen and oxygen atoms in total. The molecule has 0 saturated carbocycles. The Labute approximate surface area is 157 Å². The summed E-state index contributed by atoms with van der Waals surface area (Å²) < 4.78 is 16.0. The van der Waals surface area contributed by atoms with E-state index in [2.05, 4.69) is 6.07 Å². The topological polar surface area (TPSA) is 92.8 Å². The van der Waals surface area contributed by atoms with E-state index in [-0.39, 0.29) is 26.2 Å². The van der Waals surface area contributed by atoms with Gasteiger partial charge in [-0.25, -0.2) is 4.79 Å². The van der Waals surface area contributed by atoms with Gasteiger partial charge >= 0.3 is 12.1 Å². The molecular weight excluding hydrogens is 348 g/mol. The predicted octanol–water partition coefficient (Wildman–Crippen LogP) is 3.44. The van der Waals surface area contributed by atoms with Crippen LogP contribution in [0, 0.1) is 16.7 Å². The van der Waals surface area contributed by atoms with Gasteiger partial charge in [0.15, 0.2) is 5.41 Å². The van der Waals surface area contributed by atoms with Crippen molar-refractivity contribution in [1.29, 1.82) is 5.26 Å². The number of esters is 1. The average Bonchev–Trinajstić information content (AvgIpc) is 3.34. The van der Waals surface area contributed by atoms with Gasteiger partial charge < -0.3 is 13.9 Å². The summed E-state index contributed by atoms with van der Waals surface area (Å²) in [6, 6.07) is 13.7. The van der Waals surface area contributed by atoms with Crippen LogP contribution < -0.4 is 0 Å². The largest absolute Gasteiger partial charge is 0.467 e. The highest BCUT2D eigenvalue weighted by atomic mass is 16.6. The fourth-order valence-corrected chi connectivity index (χ4v) is 3.31. The molecule has 140 valence electrons. The Hall–Kier alpha value is -3.27. The first-order chi connectivity index (χ1) is 13.1. The second kappa shape index (κ2) is 7.96. The number of hydrogen-bond donors (Lipinski definition) is 0. The third-order valence-electron chi connectivity index (χ3n) is 4.62. The standard InChI is InChI=1S/C20H20N2O5/c1-2-25-18(23)20(14-21)10-11-22(17(20)16-9-6-12-26-16)19(24)27-13-15-7-4-3-5-8-15/h3-9,12,17H,2,10-11,13H2,1H3/t17-,20-/m0/s1. The fourth-order valence-electron chi connectivity index (χ4n) is 3.31. The highest BCUT2D eigenvalue weighted by Gasteiger charge is 2.58. The van der Waals surface area contributed by atoms with E-state index in [0.717, 1.165) is 5.56 Å². The van der Waals surface area contributed by atoms with Gasteiger partial charge in [0.2, 0.25) is 0 Å². The molecule has 0 unspecified atom stereocenters. The van der Waals surface area contributed by atoms with Crippen LogP contribution in [0.25, 0.3) is 0 Å². The Kier molecular flexibility index (Phi) is 5.46. The molecule has 2 aromatic rings. The molecule has 0 aliphatic carbocycles. The third-order valence-corrected chi connectivity index (χ3v) is 4.62. The van der Waals surface area contributed by atoms with Crippen LogP contribution in [0.5, 0.6) is 0 Å². The molecule has 27 heavy (non-hydrogen) atoms. The number of carbonyl (C=O) groups is 2. The molecule has 1 amide bonds. The summed E-state index contributed by atoms with van der Waals surface area (Å²) in [5.41, 5.74) is -0.684. The minimum atomic E-state index is -1.53. The third kappa shape index (κ3) is 3.51. The summed E-state index contributed by atoms with van der Waals surface area (Å²) >= 11 is 0. The molecule has 1 aliphatic heterocycles. The van der Waals surface area contributed by atoms with Crippen LogP contribution in [-0.4, -0.2) is 30.1 Å². The van der Waals surface area contributed by atoms with E-state index in [0.29, 0.717) is 5.76 Å². The van der Waals surface area contributed by atoms with Crippen LogP contribution in [0.15, 0.2) is 53.1 Å². The SMILES string of the molecule is CCOC(=O)[C@]1(C#N)CCN(C(=O)OCc2ccccc2)[C@H]1c1ccco1. The van der Waals surface area contributed by atoms with Gasteiger partial charge in [-0.05, 0) is 31.0 Å². The monoisotopic (exact) mass is 368 g/mol. The van der Waals surface area contributed by atoms with Crippen molar-refractivity contribution >= 4 is 12.1 Å². The Morgan fingerprint density at radius 3 is 2.67 bits per heavy atom. The quantitative estimate of drug-likeness (QED) is 0.751. The van der Waals surface area contributed by atoms with Gasteiger partial charge in [-0.1, -0.05) is 30.3 Å². The number of amides is 1. The van der Waals surface area contributed by atoms with E-state index in [9.17, 15) is 14.9 Å². The van der Waals surface area contributed by atoms with Gasteiger partial charge in [0.1, 0.15) is 18.4 Å². The van der Waals surface area contributed by atoms with Crippen molar-refractivity contribution in [3.63, 3.8) is 0 Å². The Morgan fingerprint density at radius 2 is 2.04 bits per heavy atom. The number of benzene rings is 1. The molecule has 2 heterocycles. The fraction of sp³-hybridized carbons (Fsp3) is 0.350. The summed E-state index contributed by atoms with van der Waals surface area (Å²) in [4.78, 5) is 26.7. The van der Waals surface area contributed by atoms with Crippen molar-refractivity contribution in [2.75, 3.05) is 13.2 Å². The maximum Gasteiger partial charge on any atom is 0.410 e. The van der Waals surface area contributed by atoms with Crippen LogP contribution in [0.3, 0.4) is 0 Å². The Morgan fingerprint density at radius 1 is 1.26 bits per heavy atom.